The van der Waals surface area contributed by atoms with Gasteiger partial charge in [0.25, 0.3) is 0 Å². The normalized spacial score (nSPS) is 14.4. The van der Waals surface area contributed by atoms with Crippen LogP contribution in [0.25, 0.3) is 0 Å². The van der Waals surface area contributed by atoms with E-state index in [1.807, 2.05) is 11.8 Å². The minimum atomic E-state index is 0.288. The van der Waals surface area contributed by atoms with Gasteiger partial charge in [0.15, 0.2) is 0 Å². The van der Waals surface area contributed by atoms with Gasteiger partial charge < -0.3 is 9.80 Å². The molecule has 5 nitrogen and oxygen atoms in total. The molecule has 2 aromatic rings. The van der Waals surface area contributed by atoms with Crippen LogP contribution in [0.1, 0.15) is 54.4 Å². The lowest BCUT2D eigenvalue weighted by Crippen LogP contribution is -2.49. The van der Waals surface area contributed by atoms with Crippen molar-refractivity contribution in [3.05, 3.63) is 52.5 Å². The number of hydrogen-bond donors (Lipinski definition) is 0. The second-order valence-corrected chi connectivity index (χ2v) is 7.79. The largest absolute Gasteiger partial charge is 0.353 e. The van der Waals surface area contributed by atoms with Crippen molar-refractivity contribution in [1.29, 1.82) is 0 Å². The SMILES string of the molecule is CCCCC(=O)N1CCN(c2nc(C)nc(C)c2Cc2ccc(C)cc2)CC1. The molecule has 1 saturated heterocycles. The smallest absolute Gasteiger partial charge is 0.222 e. The number of benzene rings is 1. The van der Waals surface area contributed by atoms with Crippen LogP contribution in [-0.2, 0) is 11.2 Å². The lowest BCUT2D eigenvalue weighted by Gasteiger charge is -2.36. The zero-order valence-electron chi connectivity index (χ0n) is 17.7. The molecule has 5 heteroatoms. The first-order valence-electron chi connectivity index (χ1n) is 10.4. The van der Waals surface area contributed by atoms with Gasteiger partial charge in [-0.25, -0.2) is 9.97 Å². The topological polar surface area (TPSA) is 49.3 Å². The Bertz CT molecular complexity index is 808. The van der Waals surface area contributed by atoms with Gasteiger partial charge in [0.2, 0.25) is 5.91 Å². The first-order valence-corrected chi connectivity index (χ1v) is 10.4. The Hall–Kier alpha value is -2.43. The molecule has 1 aliphatic heterocycles. The third kappa shape index (κ3) is 4.89. The molecule has 1 aromatic carbocycles. The van der Waals surface area contributed by atoms with Crippen molar-refractivity contribution in [3.8, 4) is 0 Å². The highest BCUT2D eigenvalue weighted by atomic mass is 16.2. The molecular weight excluding hydrogens is 348 g/mol. The third-order valence-corrected chi connectivity index (χ3v) is 5.48. The molecule has 0 bridgehead atoms. The summed E-state index contributed by atoms with van der Waals surface area (Å²) in [5.74, 6) is 2.13. The Kier molecular flexibility index (Phi) is 6.65. The first-order chi connectivity index (χ1) is 13.5. The number of anilines is 1. The summed E-state index contributed by atoms with van der Waals surface area (Å²) >= 11 is 0. The van der Waals surface area contributed by atoms with Gasteiger partial charge in [0.1, 0.15) is 11.6 Å². The summed E-state index contributed by atoms with van der Waals surface area (Å²) in [6.07, 6.45) is 3.54. The molecule has 0 saturated carbocycles. The molecule has 0 aliphatic carbocycles. The van der Waals surface area contributed by atoms with Crippen LogP contribution in [0.15, 0.2) is 24.3 Å². The number of hydrogen-bond acceptors (Lipinski definition) is 4. The van der Waals surface area contributed by atoms with Gasteiger partial charge in [0.05, 0.1) is 0 Å². The summed E-state index contributed by atoms with van der Waals surface area (Å²) in [5.41, 5.74) is 4.78. The molecular formula is C23H32N4O. The maximum Gasteiger partial charge on any atom is 0.222 e. The quantitative estimate of drug-likeness (QED) is 0.764. The highest BCUT2D eigenvalue weighted by molar-refractivity contribution is 5.76. The number of nitrogens with zero attached hydrogens (tertiary/aromatic N) is 4. The van der Waals surface area contributed by atoms with E-state index in [2.05, 4.69) is 54.9 Å². The van der Waals surface area contributed by atoms with Crippen LogP contribution in [0.2, 0.25) is 0 Å². The van der Waals surface area contributed by atoms with Crippen molar-refractivity contribution in [3.63, 3.8) is 0 Å². The van der Waals surface area contributed by atoms with Crippen LogP contribution < -0.4 is 4.90 Å². The minimum absolute atomic E-state index is 0.288. The monoisotopic (exact) mass is 380 g/mol. The lowest BCUT2D eigenvalue weighted by molar-refractivity contribution is -0.131. The zero-order valence-corrected chi connectivity index (χ0v) is 17.7. The number of carbonyl (C=O) groups is 1. The molecule has 1 aromatic heterocycles. The van der Waals surface area contributed by atoms with Crippen molar-refractivity contribution >= 4 is 11.7 Å². The van der Waals surface area contributed by atoms with E-state index in [0.29, 0.717) is 6.42 Å². The van der Waals surface area contributed by atoms with Crippen molar-refractivity contribution < 1.29 is 4.79 Å². The molecule has 0 radical (unpaired) electrons. The van der Waals surface area contributed by atoms with E-state index in [1.165, 1.54) is 16.7 Å². The minimum Gasteiger partial charge on any atom is -0.353 e. The van der Waals surface area contributed by atoms with Crippen LogP contribution >= 0.6 is 0 Å². The number of rotatable bonds is 6. The second-order valence-electron chi connectivity index (χ2n) is 7.79. The van der Waals surface area contributed by atoms with Crippen LogP contribution in [0.3, 0.4) is 0 Å². The van der Waals surface area contributed by atoms with Gasteiger partial charge in [-0.2, -0.15) is 0 Å². The van der Waals surface area contributed by atoms with E-state index in [1.54, 1.807) is 0 Å². The Balaban J connectivity index is 1.76. The maximum atomic E-state index is 12.3. The Labute approximate surface area is 168 Å². The maximum absolute atomic E-state index is 12.3. The number of unbranched alkanes of at least 4 members (excludes halogenated alkanes) is 1. The fourth-order valence-corrected chi connectivity index (χ4v) is 3.75. The summed E-state index contributed by atoms with van der Waals surface area (Å²) < 4.78 is 0. The number of carbonyl (C=O) groups excluding carboxylic acids is 1. The van der Waals surface area contributed by atoms with Crippen molar-refractivity contribution in [1.82, 2.24) is 14.9 Å². The molecule has 0 spiro atoms. The molecule has 2 heterocycles. The molecule has 1 aliphatic rings. The van der Waals surface area contributed by atoms with Gasteiger partial charge in [-0.05, 0) is 32.8 Å². The summed E-state index contributed by atoms with van der Waals surface area (Å²) in [6, 6.07) is 8.67. The Morgan fingerprint density at radius 3 is 2.32 bits per heavy atom. The Morgan fingerprint density at radius 2 is 1.68 bits per heavy atom. The van der Waals surface area contributed by atoms with Crippen LogP contribution in [0.5, 0.6) is 0 Å². The summed E-state index contributed by atoms with van der Waals surface area (Å²) in [6.45, 7) is 11.5. The fraction of sp³-hybridized carbons (Fsp3) is 0.522. The highest BCUT2D eigenvalue weighted by Gasteiger charge is 2.24. The number of aromatic nitrogens is 2. The van der Waals surface area contributed by atoms with Crippen LogP contribution in [0.4, 0.5) is 5.82 Å². The standard InChI is InChI=1S/C23H32N4O/c1-5-6-7-22(28)26-12-14-27(15-13-26)23-21(18(3)24-19(4)25-23)16-20-10-8-17(2)9-11-20/h8-11H,5-7,12-16H2,1-4H3. The molecule has 150 valence electrons. The summed E-state index contributed by atoms with van der Waals surface area (Å²) in [7, 11) is 0. The predicted molar refractivity (Wildman–Crippen MR) is 114 cm³/mol. The van der Waals surface area contributed by atoms with Gasteiger partial charge in [-0.1, -0.05) is 43.2 Å². The number of piperazine rings is 1. The van der Waals surface area contributed by atoms with Gasteiger partial charge >= 0.3 is 0 Å². The number of aryl methyl sites for hydroxylation is 3. The molecule has 1 fully saturated rings. The Morgan fingerprint density at radius 1 is 1.00 bits per heavy atom. The van der Waals surface area contributed by atoms with E-state index < -0.39 is 0 Å². The van der Waals surface area contributed by atoms with Gasteiger partial charge in [-0.3, -0.25) is 4.79 Å². The second kappa shape index (κ2) is 9.18. The first kappa shape index (κ1) is 20.3. The van der Waals surface area contributed by atoms with E-state index in [4.69, 9.17) is 4.98 Å². The molecule has 0 atom stereocenters. The molecule has 0 N–H and O–H groups in total. The molecule has 28 heavy (non-hydrogen) atoms. The van der Waals surface area contributed by atoms with Crippen molar-refractivity contribution in [2.45, 2.75) is 53.4 Å². The predicted octanol–water partition coefficient (Wildman–Crippen LogP) is 3.83. The van der Waals surface area contributed by atoms with E-state index in [-0.39, 0.29) is 5.91 Å². The van der Waals surface area contributed by atoms with Gasteiger partial charge in [0, 0.05) is 50.3 Å². The van der Waals surface area contributed by atoms with E-state index in [9.17, 15) is 4.79 Å². The third-order valence-electron chi connectivity index (χ3n) is 5.48. The molecule has 1 amide bonds. The highest BCUT2D eigenvalue weighted by Crippen LogP contribution is 2.25. The molecule has 3 rings (SSSR count). The average molecular weight is 381 g/mol. The van der Waals surface area contributed by atoms with Crippen LogP contribution in [0, 0.1) is 20.8 Å². The van der Waals surface area contributed by atoms with Crippen molar-refractivity contribution in [2.24, 2.45) is 0 Å². The van der Waals surface area contributed by atoms with E-state index in [0.717, 1.165) is 62.8 Å². The molecule has 0 unspecified atom stereocenters. The van der Waals surface area contributed by atoms with Gasteiger partial charge in [-0.15, -0.1) is 0 Å². The zero-order chi connectivity index (χ0) is 20.1. The summed E-state index contributed by atoms with van der Waals surface area (Å²) in [5, 5.41) is 0. The summed E-state index contributed by atoms with van der Waals surface area (Å²) in [4.78, 5) is 26.1. The van der Waals surface area contributed by atoms with Crippen LogP contribution in [-0.4, -0.2) is 47.0 Å². The van der Waals surface area contributed by atoms with E-state index >= 15 is 0 Å². The van der Waals surface area contributed by atoms with Crippen molar-refractivity contribution in [2.75, 3.05) is 31.1 Å². The lowest BCUT2D eigenvalue weighted by atomic mass is 10.0. The average Bonchev–Trinajstić information content (AvgIpc) is 2.69. The number of amides is 1. The fourth-order valence-electron chi connectivity index (χ4n) is 3.75.